The van der Waals surface area contributed by atoms with Crippen molar-refractivity contribution in [2.24, 2.45) is 0 Å². The van der Waals surface area contributed by atoms with E-state index in [0.717, 1.165) is 9.35 Å². The van der Waals surface area contributed by atoms with E-state index in [1.807, 2.05) is 12.1 Å². The standard InChI is InChI=1S/C11H7BrN2OS/c12-7-2-1-3-9-6(7)4-10(16-9)11-8(13)5-14-15-11/h1-5H,13H2. The number of thiophene rings is 1. The molecular formula is C11H7BrN2OS. The molecule has 0 spiro atoms. The van der Waals surface area contributed by atoms with Crippen molar-refractivity contribution < 1.29 is 4.52 Å². The highest BCUT2D eigenvalue weighted by Gasteiger charge is 2.12. The van der Waals surface area contributed by atoms with E-state index in [4.69, 9.17) is 10.3 Å². The highest BCUT2D eigenvalue weighted by molar-refractivity contribution is 9.10. The number of anilines is 1. The van der Waals surface area contributed by atoms with Gasteiger partial charge in [0.1, 0.15) is 5.69 Å². The fourth-order valence-corrected chi connectivity index (χ4v) is 3.27. The fraction of sp³-hybridized carbons (Fsp3) is 0. The van der Waals surface area contributed by atoms with E-state index < -0.39 is 0 Å². The first-order valence-electron chi connectivity index (χ1n) is 4.64. The van der Waals surface area contributed by atoms with Crippen molar-refractivity contribution in [2.75, 3.05) is 5.73 Å². The molecule has 2 N–H and O–H groups in total. The maximum Gasteiger partial charge on any atom is 0.199 e. The van der Waals surface area contributed by atoms with Crippen LogP contribution in [0.2, 0.25) is 0 Å². The van der Waals surface area contributed by atoms with Crippen molar-refractivity contribution in [2.45, 2.75) is 0 Å². The lowest BCUT2D eigenvalue weighted by Crippen LogP contribution is -1.81. The molecule has 0 aliphatic rings. The number of rotatable bonds is 1. The van der Waals surface area contributed by atoms with Crippen LogP contribution < -0.4 is 5.73 Å². The van der Waals surface area contributed by atoms with Gasteiger partial charge in [-0.25, -0.2) is 0 Å². The number of benzene rings is 1. The van der Waals surface area contributed by atoms with E-state index in [-0.39, 0.29) is 0 Å². The lowest BCUT2D eigenvalue weighted by molar-refractivity contribution is 0.433. The molecule has 0 saturated carbocycles. The van der Waals surface area contributed by atoms with Crippen LogP contribution in [-0.4, -0.2) is 5.16 Å². The van der Waals surface area contributed by atoms with E-state index >= 15 is 0 Å². The third-order valence-corrected chi connectivity index (χ3v) is 4.12. The Hall–Kier alpha value is -1.33. The predicted molar refractivity (Wildman–Crippen MR) is 69.4 cm³/mol. The molecule has 0 radical (unpaired) electrons. The number of hydrogen-bond acceptors (Lipinski definition) is 4. The number of aromatic nitrogens is 1. The Kier molecular flexibility index (Phi) is 2.22. The summed E-state index contributed by atoms with van der Waals surface area (Å²) in [5.41, 5.74) is 6.34. The van der Waals surface area contributed by atoms with Gasteiger partial charge in [0.05, 0.1) is 11.1 Å². The van der Waals surface area contributed by atoms with Gasteiger partial charge in [0, 0.05) is 14.6 Å². The second-order valence-corrected chi connectivity index (χ2v) is 5.31. The molecule has 16 heavy (non-hydrogen) atoms. The summed E-state index contributed by atoms with van der Waals surface area (Å²) >= 11 is 5.16. The van der Waals surface area contributed by atoms with Gasteiger partial charge in [0.2, 0.25) is 0 Å². The number of nitrogen functional groups attached to an aromatic ring is 1. The predicted octanol–water partition coefficient (Wildman–Crippen LogP) is 3.90. The molecule has 0 atom stereocenters. The molecule has 80 valence electrons. The average Bonchev–Trinajstić information content (AvgIpc) is 2.84. The first-order chi connectivity index (χ1) is 7.75. The van der Waals surface area contributed by atoms with Crippen molar-refractivity contribution in [3.05, 3.63) is 34.9 Å². The summed E-state index contributed by atoms with van der Waals surface area (Å²) in [5, 5.41) is 4.85. The molecule has 0 fully saturated rings. The lowest BCUT2D eigenvalue weighted by Gasteiger charge is -1.90. The van der Waals surface area contributed by atoms with E-state index in [2.05, 4.69) is 33.2 Å². The minimum atomic E-state index is 0.572. The molecule has 0 aliphatic carbocycles. The first kappa shape index (κ1) is 9.86. The SMILES string of the molecule is Nc1cnoc1-c1cc2c(Br)cccc2s1. The molecule has 3 aromatic rings. The summed E-state index contributed by atoms with van der Waals surface area (Å²) in [6.45, 7) is 0. The van der Waals surface area contributed by atoms with Gasteiger partial charge in [-0.1, -0.05) is 27.2 Å². The summed E-state index contributed by atoms with van der Waals surface area (Å²) in [6, 6.07) is 8.15. The van der Waals surface area contributed by atoms with Gasteiger partial charge in [0.25, 0.3) is 0 Å². The Morgan fingerprint density at radius 3 is 2.94 bits per heavy atom. The number of nitrogens with two attached hydrogens (primary N) is 1. The van der Waals surface area contributed by atoms with E-state index in [9.17, 15) is 0 Å². The van der Waals surface area contributed by atoms with Gasteiger partial charge in [-0.05, 0) is 18.2 Å². The van der Waals surface area contributed by atoms with E-state index in [1.54, 1.807) is 11.3 Å². The van der Waals surface area contributed by atoms with E-state index in [1.165, 1.54) is 16.3 Å². The third-order valence-electron chi connectivity index (χ3n) is 2.33. The largest absolute Gasteiger partial charge is 0.394 e. The van der Waals surface area contributed by atoms with Crippen LogP contribution in [0.1, 0.15) is 0 Å². The Morgan fingerprint density at radius 2 is 2.25 bits per heavy atom. The van der Waals surface area contributed by atoms with Crippen molar-refractivity contribution in [1.82, 2.24) is 5.16 Å². The summed E-state index contributed by atoms with van der Waals surface area (Å²) in [7, 11) is 0. The minimum absolute atomic E-state index is 0.572. The van der Waals surface area contributed by atoms with Crippen molar-refractivity contribution in [3.8, 4) is 10.6 Å². The molecular weight excluding hydrogens is 288 g/mol. The number of hydrogen-bond donors (Lipinski definition) is 1. The molecule has 0 aliphatic heterocycles. The van der Waals surface area contributed by atoms with Crippen molar-refractivity contribution >= 4 is 43.0 Å². The van der Waals surface area contributed by atoms with Crippen LogP contribution in [0.4, 0.5) is 5.69 Å². The maximum absolute atomic E-state index is 5.77. The lowest BCUT2D eigenvalue weighted by atomic mass is 10.2. The maximum atomic E-state index is 5.77. The normalized spacial score (nSPS) is 11.1. The van der Waals surface area contributed by atoms with Gasteiger partial charge in [-0.15, -0.1) is 11.3 Å². The van der Waals surface area contributed by atoms with Gasteiger partial charge in [-0.2, -0.15) is 0 Å². The van der Waals surface area contributed by atoms with Gasteiger partial charge >= 0.3 is 0 Å². The van der Waals surface area contributed by atoms with E-state index in [0.29, 0.717) is 11.4 Å². The molecule has 3 nitrogen and oxygen atoms in total. The Bertz CT molecular complexity index is 659. The first-order valence-corrected chi connectivity index (χ1v) is 6.25. The van der Waals surface area contributed by atoms with Gasteiger partial charge < -0.3 is 10.3 Å². The highest BCUT2D eigenvalue weighted by atomic mass is 79.9. The number of fused-ring (bicyclic) bond motifs is 1. The van der Waals surface area contributed by atoms with Crippen LogP contribution >= 0.6 is 27.3 Å². The zero-order chi connectivity index (χ0) is 11.1. The monoisotopic (exact) mass is 294 g/mol. The highest BCUT2D eigenvalue weighted by Crippen LogP contribution is 2.38. The molecule has 5 heteroatoms. The molecule has 3 rings (SSSR count). The molecule has 2 heterocycles. The topological polar surface area (TPSA) is 52.0 Å². The molecule has 2 aromatic heterocycles. The minimum Gasteiger partial charge on any atom is -0.394 e. The average molecular weight is 295 g/mol. The molecule has 1 aromatic carbocycles. The van der Waals surface area contributed by atoms with Crippen LogP contribution in [-0.2, 0) is 0 Å². The fourth-order valence-electron chi connectivity index (χ4n) is 1.57. The van der Waals surface area contributed by atoms with Crippen LogP contribution in [0.15, 0.2) is 39.5 Å². The molecule has 0 amide bonds. The third kappa shape index (κ3) is 1.44. The summed E-state index contributed by atoms with van der Waals surface area (Å²) in [6.07, 6.45) is 1.52. The zero-order valence-corrected chi connectivity index (χ0v) is 10.5. The second kappa shape index (κ2) is 3.61. The summed E-state index contributed by atoms with van der Waals surface area (Å²) in [5.74, 6) is 0.646. The second-order valence-electron chi connectivity index (χ2n) is 3.37. The van der Waals surface area contributed by atoms with Crippen LogP contribution in [0.5, 0.6) is 0 Å². The van der Waals surface area contributed by atoms with Gasteiger partial charge in [-0.3, -0.25) is 0 Å². The smallest absolute Gasteiger partial charge is 0.199 e. The zero-order valence-electron chi connectivity index (χ0n) is 8.11. The Balaban J connectivity index is 2.27. The molecule has 0 bridgehead atoms. The van der Waals surface area contributed by atoms with Crippen LogP contribution in [0.3, 0.4) is 0 Å². The van der Waals surface area contributed by atoms with Gasteiger partial charge in [0.15, 0.2) is 5.76 Å². The molecule has 0 saturated heterocycles. The summed E-state index contributed by atoms with van der Waals surface area (Å²) in [4.78, 5) is 0.997. The van der Waals surface area contributed by atoms with Crippen LogP contribution in [0, 0.1) is 0 Å². The summed E-state index contributed by atoms with van der Waals surface area (Å²) < 4.78 is 7.41. The quantitative estimate of drug-likeness (QED) is 0.740. The van der Waals surface area contributed by atoms with Crippen molar-refractivity contribution in [3.63, 3.8) is 0 Å². The Labute approximate surface area is 104 Å². The number of halogens is 1. The molecule has 0 unspecified atom stereocenters. The Morgan fingerprint density at radius 1 is 1.38 bits per heavy atom. The van der Waals surface area contributed by atoms with Crippen molar-refractivity contribution in [1.29, 1.82) is 0 Å². The van der Waals surface area contributed by atoms with Crippen LogP contribution in [0.25, 0.3) is 20.7 Å². The number of nitrogens with zero attached hydrogens (tertiary/aromatic N) is 1.